The molecule has 2 rings (SSSR count). The molecule has 0 spiro atoms. The fourth-order valence-corrected chi connectivity index (χ4v) is 1.87. The summed E-state index contributed by atoms with van der Waals surface area (Å²) >= 11 is 5.73. The van der Waals surface area contributed by atoms with Gasteiger partial charge in [0.05, 0.1) is 12.1 Å². The van der Waals surface area contributed by atoms with Gasteiger partial charge in [0.25, 0.3) is 0 Å². The van der Waals surface area contributed by atoms with E-state index in [1.807, 2.05) is 0 Å². The molecule has 0 bridgehead atoms. The molecule has 0 aliphatic carbocycles. The number of rotatable bonds is 3. The van der Waals surface area contributed by atoms with Gasteiger partial charge in [-0.1, -0.05) is 17.7 Å². The first-order chi connectivity index (χ1) is 8.65. The minimum atomic E-state index is -0.485. The molecule has 0 unspecified atom stereocenters. The van der Waals surface area contributed by atoms with Crippen LogP contribution >= 0.6 is 11.6 Å². The molecule has 0 aromatic heterocycles. The quantitative estimate of drug-likeness (QED) is 0.784. The smallest absolute Gasteiger partial charge is 0.150 e. The maximum Gasteiger partial charge on any atom is 0.150 e. The molecule has 0 saturated heterocycles. The Kier molecular flexibility index (Phi) is 3.63. The van der Waals surface area contributed by atoms with Crippen LogP contribution in [0.15, 0.2) is 36.4 Å². The van der Waals surface area contributed by atoms with Crippen molar-refractivity contribution in [3.05, 3.63) is 52.8 Å². The summed E-state index contributed by atoms with van der Waals surface area (Å²) in [6, 6.07) is 9.45. The molecule has 0 aliphatic rings. The van der Waals surface area contributed by atoms with Crippen LogP contribution in [0.4, 0.5) is 4.39 Å². The zero-order valence-corrected chi connectivity index (χ0v) is 10.4. The minimum absolute atomic E-state index is 0.0279. The van der Waals surface area contributed by atoms with Gasteiger partial charge in [-0.3, -0.25) is 4.79 Å². The third kappa shape index (κ3) is 2.36. The molecule has 92 valence electrons. The Balaban J connectivity index is 2.55. The normalized spacial score (nSPS) is 10.2. The van der Waals surface area contributed by atoms with Crippen molar-refractivity contribution in [1.82, 2.24) is 0 Å². The highest BCUT2D eigenvalue weighted by molar-refractivity contribution is 6.31. The standard InChI is InChI=1S/C14H10ClFO2/c1-18-11-3-4-12(10(6-11)8-17)9-2-5-14(16)13(15)7-9/h2-8H,1H3. The average Bonchev–Trinajstić information content (AvgIpc) is 2.41. The summed E-state index contributed by atoms with van der Waals surface area (Å²) in [5, 5.41) is 0.0279. The summed E-state index contributed by atoms with van der Waals surface area (Å²) in [5.74, 6) is 0.107. The molecule has 0 aliphatic heterocycles. The predicted molar refractivity (Wildman–Crippen MR) is 68.8 cm³/mol. The number of ether oxygens (including phenoxy) is 1. The number of hydrogen-bond donors (Lipinski definition) is 0. The molecule has 0 atom stereocenters. The van der Waals surface area contributed by atoms with Crippen LogP contribution < -0.4 is 4.74 Å². The van der Waals surface area contributed by atoms with Crippen molar-refractivity contribution in [3.8, 4) is 16.9 Å². The molecule has 2 nitrogen and oxygen atoms in total. The van der Waals surface area contributed by atoms with Gasteiger partial charge in [-0.05, 0) is 41.5 Å². The molecule has 18 heavy (non-hydrogen) atoms. The van der Waals surface area contributed by atoms with Crippen molar-refractivity contribution in [2.45, 2.75) is 0 Å². The van der Waals surface area contributed by atoms with Gasteiger partial charge < -0.3 is 4.74 Å². The molecule has 2 aromatic carbocycles. The molecular formula is C14H10ClFO2. The Morgan fingerprint density at radius 2 is 2.00 bits per heavy atom. The SMILES string of the molecule is COc1ccc(-c2ccc(F)c(Cl)c2)c(C=O)c1. The van der Waals surface area contributed by atoms with E-state index in [0.29, 0.717) is 22.4 Å². The van der Waals surface area contributed by atoms with E-state index in [0.717, 1.165) is 6.29 Å². The van der Waals surface area contributed by atoms with Crippen LogP contribution in [-0.4, -0.2) is 13.4 Å². The van der Waals surface area contributed by atoms with Crippen LogP contribution in [0.1, 0.15) is 10.4 Å². The number of methoxy groups -OCH3 is 1. The van der Waals surface area contributed by atoms with Crippen molar-refractivity contribution < 1.29 is 13.9 Å². The lowest BCUT2D eigenvalue weighted by Crippen LogP contribution is -1.91. The van der Waals surface area contributed by atoms with E-state index < -0.39 is 5.82 Å². The first kappa shape index (κ1) is 12.6. The molecule has 0 amide bonds. The number of aldehydes is 1. The van der Waals surface area contributed by atoms with Gasteiger partial charge in [0, 0.05) is 5.56 Å². The Morgan fingerprint density at radius 3 is 2.61 bits per heavy atom. The molecule has 0 heterocycles. The van der Waals surface area contributed by atoms with Gasteiger partial charge in [0.15, 0.2) is 6.29 Å². The zero-order valence-electron chi connectivity index (χ0n) is 9.61. The van der Waals surface area contributed by atoms with Gasteiger partial charge in [-0.25, -0.2) is 4.39 Å². The van der Waals surface area contributed by atoms with Crippen LogP contribution in [0, 0.1) is 5.82 Å². The summed E-state index contributed by atoms with van der Waals surface area (Å²) in [4.78, 5) is 11.1. The number of carbonyl (C=O) groups excluding carboxylic acids is 1. The van der Waals surface area contributed by atoms with Crippen molar-refractivity contribution in [2.24, 2.45) is 0 Å². The lowest BCUT2D eigenvalue weighted by molar-refractivity contribution is 0.112. The third-order valence-corrected chi connectivity index (χ3v) is 2.91. The van der Waals surface area contributed by atoms with E-state index in [1.165, 1.54) is 19.2 Å². The molecule has 4 heteroatoms. The highest BCUT2D eigenvalue weighted by Crippen LogP contribution is 2.29. The van der Waals surface area contributed by atoms with Crippen molar-refractivity contribution >= 4 is 17.9 Å². The summed E-state index contributed by atoms with van der Waals surface area (Å²) in [6.45, 7) is 0. The highest BCUT2D eigenvalue weighted by Gasteiger charge is 2.08. The fourth-order valence-electron chi connectivity index (χ4n) is 1.69. The Bertz CT molecular complexity index is 596. The van der Waals surface area contributed by atoms with Gasteiger partial charge >= 0.3 is 0 Å². The lowest BCUT2D eigenvalue weighted by Gasteiger charge is -2.08. The van der Waals surface area contributed by atoms with Crippen LogP contribution in [0.2, 0.25) is 5.02 Å². The number of benzene rings is 2. The van der Waals surface area contributed by atoms with E-state index >= 15 is 0 Å². The molecular weight excluding hydrogens is 255 g/mol. The molecule has 0 saturated carbocycles. The second kappa shape index (κ2) is 5.19. The van der Waals surface area contributed by atoms with Crippen molar-refractivity contribution in [2.75, 3.05) is 7.11 Å². The second-order valence-corrected chi connectivity index (χ2v) is 4.11. The summed E-state index contributed by atoms with van der Waals surface area (Å²) in [6.07, 6.45) is 0.731. The first-order valence-electron chi connectivity index (χ1n) is 5.24. The second-order valence-electron chi connectivity index (χ2n) is 3.70. The van der Waals surface area contributed by atoms with Gasteiger partial charge in [0.1, 0.15) is 11.6 Å². The van der Waals surface area contributed by atoms with Gasteiger partial charge in [0.2, 0.25) is 0 Å². The van der Waals surface area contributed by atoms with E-state index in [2.05, 4.69) is 0 Å². The first-order valence-corrected chi connectivity index (χ1v) is 5.62. The maximum atomic E-state index is 13.1. The van der Waals surface area contributed by atoms with Crippen LogP contribution in [0.5, 0.6) is 5.75 Å². The summed E-state index contributed by atoms with van der Waals surface area (Å²) < 4.78 is 18.1. The summed E-state index contributed by atoms with van der Waals surface area (Å²) in [7, 11) is 1.53. The number of hydrogen-bond acceptors (Lipinski definition) is 2. The van der Waals surface area contributed by atoms with Crippen molar-refractivity contribution in [1.29, 1.82) is 0 Å². The molecule has 0 fully saturated rings. The molecule has 2 aromatic rings. The van der Waals surface area contributed by atoms with Crippen molar-refractivity contribution in [3.63, 3.8) is 0 Å². The highest BCUT2D eigenvalue weighted by atomic mass is 35.5. The zero-order chi connectivity index (χ0) is 13.1. The monoisotopic (exact) mass is 264 g/mol. The maximum absolute atomic E-state index is 13.1. The number of halogens is 2. The van der Waals surface area contributed by atoms with Crippen LogP contribution in [-0.2, 0) is 0 Å². The largest absolute Gasteiger partial charge is 0.497 e. The molecule has 0 N–H and O–H groups in total. The van der Waals surface area contributed by atoms with E-state index in [-0.39, 0.29) is 5.02 Å². The minimum Gasteiger partial charge on any atom is -0.497 e. The Morgan fingerprint density at radius 1 is 1.22 bits per heavy atom. The fraction of sp³-hybridized carbons (Fsp3) is 0.0714. The van der Waals surface area contributed by atoms with E-state index in [1.54, 1.807) is 24.3 Å². The van der Waals surface area contributed by atoms with E-state index in [9.17, 15) is 9.18 Å². The predicted octanol–water partition coefficient (Wildman–Crippen LogP) is 3.97. The van der Waals surface area contributed by atoms with Gasteiger partial charge in [-0.2, -0.15) is 0 Å². The van der Waals surface area contributed by atoms with Crippen LogP contribution in [0.25, 0.3) is 11.1 Å². The lowest BCUT2D eigenvalue weighted by atomic mass is 10.00. The molecule has 0 radical (unpaired) electrons. The van der Waals surface area contributed by atoms with Crippen LogP contribution in [0.3, 0.4) is 0 Å². The van der Waals surface area contributed by atoms with E-state index in [4.69, 9.17) is 16.3 Å². The summed E-state index contributed by atoms with van der Waals surface area (Å²) in [5.41, 5.74) is 1.84. The topological polar surface area (TPSA) is 26.3 Å². The van der Waals surface area contributed by atoms with Gasteiger partial charge in [-0.15, -0.1) is 0 Å². The Labute approximate surface area is 109 Å². The third-order valence-electron chi connectivity index (χ3n) is 2.62. The Hall–Kier alpha value is -1.87. The average molecular weight is 265 g/mol. The number of carbonyl (C=O) groups is 1.